The van der Waals surface area contributed by atoms with Gasteiger partial charge < -0.3 is 20.3 Å². The van der Waals surface area contributed by atoms with Crippen LogP contribution in [0.15, 0.2) is 24.3 Å². The molecule has 2 aromatic rings. The van der Waals surface area contributed by atoms with Crippen LogP contribution in [0.3, 0.4) is 0 Å². The van der Waals surface area contributed by atoms with Crippen molar-refractivity contribution in [2.24, 2.45) is 0 Å². The van der Waals surface area contributed by atoms with Gasteiger partial charge in [0.15, 0.2) is 0 Å². The third-order valence-corrected chi connectivity index (χ3v) is 6.56. The van der Waals surface area contributed by atoms with Crippen molar-refractivity contribution in [1.29, 1.82) is 0 Å². The molecule has 1 aromatic heterocycles. The standard InChI is InChI=1S/C23H32Cl2N4O2/c1-17-19(16-18(27-17)6-2-3-15-30)23(31)26-9-5-10-28-11-13-29(14-12-28)21-8-4-7-20(24)22(21)25/h4,7-8,16,27,30H,2-3,5-6,9-15H2,1H3,(H,26,31). The van der Waals surface area contributed by atoms with E-state index >= 15 is 0 Å². The third kappa shape index (κ3) is 6.62. The minimum Gasteiger partial charge on any atom is -0.396 e. The maximum absolute atomic E-state index is 12.5. The van der Waals surface area contributed by atoms with Crippen LogP contribution in [0.25, 0.3) is 0 Å². The number of aryl methyl sites for hydroxylation is 2. The number of aliphatic hydroxyl groups excluding tert-OH is 1. The van der Waals surface area contributed by atoms with E-state index in [9.17, 15) is 4.79 Å². The fourth-order valence-corrected chi connectivity index (χ4v) is 4.39. The Morgan fingerprint density at radius 3 is 2.68 bits per heavy atom. The molecule has 0 aliphatic carbocycles. The molecule has 31 heavy (non-hydrogen) atoms. The third-order valence-electron chi connectivity index (χ3n) is 5.75. The molecule has 3 rings (SSSR count). The molecule has 1 saturated heterocycles. The van der Waals surface area contributed by atoms with Crippen molar-refractivity contribution in [2.45, 2.75) is 32.6 Å². The summed E-state index contributed by atoms with van der Waals surface area (Å²) >= 11 is 12.5. The lowest BCUT2D eigenvalue weighted by Crippen LogP contribution is -2.47. The first kappa shape index (κ1) is 23.9. The molecule has 1 aliphatic heterocycles. The normalized spacial score (nSPS) is 14.8. The number of hydrogen-bond acceptors (Lipinski definition) is 4. The van der Waals surface area contributed by atoms with E-state index in [1.807, 2.05) is 31.2 Å². The molecule has 2 heterocycles. The van der Waals surface area contributed by atoms with Crippen LogP contribution >= 0.6 is 23.2 Å². The smallest absolute Gasteiger partial charge is 0.253 e. The number of carbonyl (C=O) groups is 1. The Hall–Kier alpha value is -1.73. The Balaban J connectivity index is 1.37. The Morgan fingerprint density at radius 2 is 1.94 bits per heavy atom. The number of aliphatic hydroxyl groups is 1. The Morgan fingerprint density at radius 1 is 1.16 bits per heavy atom. The van der Waals surface area contributed by atoms with Crippen LogP contribution in [0.1, 0.15) is 41.0 Å². The van der Waals surface area contributed by atoms with E-state index in [4.69, 9.17) is 28.3 Å². The molecule has 0 spiro atoms. The number of piperazine rings is 1. The fourth-order valence-electron chi connectivity index (χ4n) is 3.97. The molecule has 0 radical (unpaired) electrons. The van der Waals surface area contributed by atoms with Crippen molar-refractivity contribution < 1.29 is 9.90 Å². The van der Waals surface area contributed by atoms with Crippen molar-refractivity contribution in [3.05, 3.63) is 51.3 Å². The number of anilines is 1. The largest absolute Gasteiger partial charge is 0.396 e. The van der Waals surface area contributed by atoms with E-state index in [1.165, 1.54) is 0 Å². The van der Waals surface area contributed by atoms with Gasteiger partial charge in [-0.05, 0) is 57.4 Å². The number of nitrogens with one attached hydrogen (secondary N) is 2. The van der Waals surface area contributed by atoms with Crippen molar-refractivity contribution in [3.8, 4) is 0 Å². The van der Waals surface area contributed by atoms with Crippen LogP contribution in [0, 0.1) is 6.92 Å². The van der Waals surface area contributed by atoms with Crippen molar-refractivity contribution in [2.75, 3.05) is 50.8 Å². The second-order valence-electron chi connectivity index (χ2n) is 8.03. The minimum absolute atomic E-state index is 0.0254. The highest BCUT2D eigenvalue weighted by Gasteiger charge is 2.19. The average molecular weight is 467 g/mol. The van der Waals surface area contributed by atoms with Gasteiger partial charge in [-0.1, -0.05) is 29.3 Å². The zero-order valence-electron chi connectivity index (χ0n) is 18.1. The summed E-state index contributed by atoms with van der Waals surface area (Å²) in [4.78, 5) is 20.5. The van der Waals surface area contributed by atoms with E-state index in [2.05, 4.69) is 20.1 Å². The van der Waals surface area contributed by atoms with Gasteiger partial charge in [-0.15, -0.1) is 0 Å². The van der Waals surface area contributed by atoms with Crippen LogP contribution in [0.5, 0.6) is 0 Å². The summed E-state index contributed by atoms with van der Waals surface area (Å²) in [6.07, 6.45) is 3.45. The van der Waals surface area contributed by atoms with Gasteiger partial charge in [0.2, 0.25) is 0 Å². The number of unbranched alkanes of at least 4 members (excludes halogenated alkanes) is 1. The summed E-state index contributed by atoms with van der Waals surface area (Å²) in [6.45, 7) is 7.49. The fraction of sp³-hybridized carbons (Fsp3) is 0.522. The summed E-state index contributed by atoms with van der Waals surface area (Å²) in [6, 6.07) is 7.69. The maximum atomic E-state index is 12.5. The molecule has 1 aliphatic rings. The predicted molar refractivity (Wildman–Crippen MR) is 128 cm³/mol. The molecule has 0 unspecified atom stereocenters. The molecule has 1 amide bonds. The number of aromatic nitrogens is 1. The molecule has 0 bridgehead atoms. The van der Waals surface area contributed by atoms with Crippen molar-refractivity contribution >= 4 is 34.8 Å². The van der Waals surface area contributed by atoms with Crippen LogP contribution in [0.4, 0.5) is 5.69 Å². The molecule has 1 fully saturated rings. The molecular weight excluding hydrogens is 435 g/mol. The lowest BCUT2D eigenvalue weighted by molar-refractivity contribution is 0.0951. The highest BCUT2D eigenvalue weighted by Crippen LogP contribution is 2.32. The lowest BCUT2D eigenvalue weighted by atomic mass is 10.1. The van der Waals surface area contributed by atoms with E-state index in [1.54, 1.807) is 0 Å². The van der Waals surface area contributed by atoms with Crippen molar-refractivity contribution in [1.82, 2.24) is 15.2 Å². The summed E-state index contributed by atoms with van der Waals surface area (Å²) in [7, 11) is 0. The van der Waals surface area contributed by atoms with Crippen LogP contribution in [-0.4, -0.2) is 66.8 Å². The zero-order chi connectivity index (χ0) is 22.2. The molecule has 170 valence electrons. The first-order valence-electron chi connectivity index (χ1n) is 11.0. The summed E-state index contributed by atoms with van der Waals surface area (Å²) < 4.78 is 0. The Kier molecular flexibility index (Phi) is 9.08. The van der Waals surface area contributed by atoms with Gasteiger partial charge in [0.25, 0.3) is 5.91 Å². The monoisotopic (exact) mass is 466 g/mol. The predicted octanol–water partition coefficient (Wildman–Crippen LogP) is 3.89. The number of nitrogens with zero attached hydrogens (tertiary/aromatic N) is 2. The highest BCUT2D eigenvalue weighted by atomic mass is 35.5. The van der Waals surface area contributed by atoms with E-state index < -0.39 is 0 Å². The van der Waals surface area contributed by atoms with Gasteiger partial charge in [-0.2, -0.15) is 0 Å². The van der Waals surface area contributed by atoms with Gasteiger partial charge in [0.1, 0.15) is 0 Å². The summed E-state index contributed by atoms with van der Waals surface area (Å²) in [5.74, 6) is -0.0254. The van der Waals surface area contributed by atoms with Crippen LogP contribution in [0.2, 0.25) is 10.0 Å². The molecule has 3 N–H and O–H groups in total. The van der Waals surface area contributed by atoms with Crippen LogP contribution in [-0.2, 0) is 6.42 Å². The molecule has 1 aromatic carbocycles. The Bertz CT molecular complexity index is 863. The van der Waals surface area contributed by atoms with Gasteiger partial charge in [-0.3, -0.25) is 9.69 Å². The second kappa shape index (κ2) is 11.8. The number of rotatable bonds is 10. The summed E-state index contributed by atoms with van der Waals surface area (Å²) in [5.41, 5.74) is 3.66. The highest BCUT2D eigenvalue weighted by molar-refractivity contribution is 6.43. The molecule has 0 atom stereocenters. The topological polar surface area (TPSA) is 71.6 Å². The average Bonchev–Trinajstić information content (AvgIpc) is 3.14. The maximum Gasteiger partial charge on any atom is 0.253 e. The number of H-pyrrole nitrogens is 1. The number of amides is 1. The van der Waals surface area contributed by atoms with E-state index in [0.717, 1.165) is 75.5 Å². The SMILES string of the molecule is Cc1[nH]c(CCCCO)cc1C(=O)NCCCN1CCN(c2cccc(Cl)c2Cl)CC1. The van der Waals surface area contributed by atoms with E-state index in [0.29, 0.717) is 22.2 Å². The number of hydrogen-bond donors (Lipinski definition) is 3. The number of benzene rings is 1. The minimum atomic E-state index is -0.0254. The Labute approximate surface area is 194 Å². The van der Waals surface area contributed by atoms with Crippen molar-refractivity contribution in [3.63, 3.8) is 0 Å². The quantitative estimate of drug-likeness (QED) is 0.464. The lowest BCUT2D eigenvalue weighted by Gasteiger charge is -2.36. The molecule has 8 heteroatoms. The second-order valence-corrected chi connectivity index (χ2v) is 8.81. The molecule has 0 saturated carbocycles. The zero-order valence-corrected chi connectivity index (χ0v) is 19.6. The van der Waals surface area contributed by atoms with Gasteiger partial charge in [0, 0.05) is 50.7 Å². The first-order chi connectivity index (χ1) is 15.0. The first-order valence-corrected chi connectivity index (χ1v) is 11.7. The number of aromatic amines is 1. The summed E-state index contributed by atoms with van der Waals surface area (Å²) in [5, 5.41) is 13.2. The molecular formula is C23H32Cl2N4O2. The van der Waals surface area contributed by atoms with Gasteiger partial charge in [0.05, 0.1) is 21.3 Å². The van der Waals surface area contributed by atoms with Gasteiger partial charge in [-0.25, -0.2) is 0 Å². The molecule has 6 nitrogen and oxygen atoms in total. The van der Waals surface area contributed by atoms with Gasteiger partial charge >= 0.3 is 0 Å². The number of carbonyl (C=O) groups excluding carboxylic acids is 1. The van der Waals surface area contributed by atoms with E-state index in [-0.39, 0.29) is 12.5 Å². The number of halogens is 2. The van der Waals surface area contributed by atoms with Crippen LogP contribution < -0.4 is 10.2 Å².